The van der Waals surface area contributed by atoms with E-state index in [1.54, 1.807) is 25.1 Å². The number of carbonyl (C=O) groups is 1. The molecule has 1 aliphatic heterocycles. The van der Waals surface area contributed by atoms with Gasteiger partial charge in [0.1, 0.15) is 4.90 Å². The van der Waals surface area contributed by atoms with Crippen LogP contribution in [0.5, 0.6) is 0 Å². The maximum absolute atomic E-state index is 12.0. The minimum atomic E-state index is -3.67. The third-order valence-corrected chi connectivity index (χ3v) is 4.39. The van der Waals surface area contributed by atoms with E-state index in [1.807, 2.05) is 0 Å². The first-order chi connectivity index (χ1) is 7.50. The Morgan fingerprint density at radius 2 is 1.88 bits per heavy atom. The van der Waals surface area contributed by atoms with E-state index in [2.05, 4.69) is 0 Å². The Morgan fingerprint density at radius 1 is 1.25 bits per heavy atom. The van der Waals surface area contributed by atoms with Gasteiger partial charge in [0.25, 0.3) is 10.0 Å². The number of hydrogen-bond acceptors (Lipinski definition) is 3. The number of benzene rings is 1. The zero-order valence-electron chi connectivity index (χ0n) is 9.04. The van der Waals surface area contributed by atoms with E-state index in [0.717, 1.165) is 4.31 Å². The lowest BCUT2D eigenvalue weighted by atomic mass is 10.3. The number of urea groups is 1. The summed E-state index contributed by atoms with van der Waals surface area (Å²) in [4.78, 5) is 13.4. The van der Waals surface area contributed by atoms with E-state index in [1.165, 1.54) is 18.0 Å². The van der Waals surface area contributed by atoms with E-state index in [9.17, 15) is 13.2 Å². The number of anilines is 1. The van der Waals surface area contributed by atoms with Crippen molar-refractivity contribution in [1.29, 1.82) is 0 Å². The third kappa shape index (κ3) is 1.30. The fourth-order valence-electron chi connectivity index (χ4n) is 1.73. The smallest absolute Gasteiger partial charge is 0.292 e. The van der Waals surface area contributed by atoms with Crippen LogP contribution in [0.25, 0.3) is 0 Å². The Bertz CT molecular complexity index is 539. The summed E-state index contributed by atoms with van der Waals surface area (Å²) in [5.41, 5.74) is 0.452. The molecule has 0 radical (unpaired) electrons. The molecule has 1 aliphatic rings. The number of amides is 2. The number of para-hydroxylation sites is 1. The summed E-state index contributed by atoms with van der Waals surface area (Å²) in [5.74, 6) is 0. The van der Waals surface area contributed by atoms with Crippen molar-refractivity contribution in [2.45, 2.75) is 11.8 Å². The number of carbonyl (C=O) groups excluding carboxylic acids is 1. The molecule has 0 atom stereocenters. The average molecular weight is 240 g/mol. The van der Waals surface area contributed by atoms with Crippen LogP contribution in [0.2, 0.25) is 0 Å². The first kappa shape index (κ1) is 10.9. The summed E-state index contributed by atoms with van der Waals surface area (Å²) in [6.07, 6.45) is 0. The predicted octanol–water partition coefficient (Wildman–Crippen LogP) is 1.27. The molecule has 1 aromatic carbocycles. The molecule has 0 bridgehead atoms. The van der Waals surface area contributed by atoms with Crippen LogP contribution in [0.15, 0.2) is 29.2 Å². The molecule has 2 rings (SSSR count). The average Bonchev–Trinajstić information content (AvgIpc) is 2.28. The van der Waals surface area contributed by atoms with Gasteiger partial charge in [0.2, 0.25) is 0 Å². The number of nitrogens with zero attached hydrogens (tertiary/aromatic N) is 2. The van der Waals surface area contributed by atoms with Crippen molar-refractivity contribution in [2.24, 2.45) is 0 Å². The zero-order chi connectivity index (χ0) is 11.9. The molecule has 6 heteroatoms. The maximum Gasteiger partial charge on any atom is 0.338 e. The molecule has 1 heterocycles. The van der Waals surface area contributed by atoms with Crippen molar-refractivity contribution in [3.05, 3.63) is 24.3 Å². The highest BCUT2D eigenvalue weighted by Gasteiger charge is 2.37. The van der Waals surface area contributed by atoms with Gasteiger partial charge in [-0.1, -0.05) is 12.1 Å². The van der Waals surface area contributed by atoms with Gasteiger partial charge in [-0.25, -0.2) is 17.5 Å². The predicted molar refractivity (Wildman–Crippen MR) is 59.8 cm³/mol. The number of fused-ring (bicyclic) bond motifs is 1. The largest absolute Gasteiger partial charge is 0.338 e. The van der Waals surface area contributed by atoms with Gasteiger partial charge < -0.3 is 0 Å². The van der Waals surface area contributed by atoms with Crippen LogP contribution in [0.4, 0.5) is 10.5 Å². The van der Waals surface area contributed by atoms with Crippen molar-refractivity contribution >= 4 is 21.7 Å². The molecule has 0 aromatic heterocycles. The summed E-state index contributed by atoms with van der Waals surface area (Å²) in [6, 6.07) is 6.00. The van der Waals surface area contributed by atoms with Crippen molar-refractivity contribution < 1.29 is 13.2 Å². The summed E-state index contributed by atoms with van der Waals surface area (Å²) >= 11 is 0. The SMILES string of the molecule is CCN1C(=O)N(C)S(=O)(=O)c2ccccc21. The lowest BCUT2D eigenvalue weighted by Crippen LogP contribution is -2.48. The van der Waals surface area contributed by atoms with E-state index in [4.69, 9.17) is 0 Å². The van der Waals surface area contributed by atoms with Crippen molar-refractivity contribution in [3.8, 4) is 0 Å². The molecule has 16 heavy (non-hydrogen) atoms. The van der Waals surface area contributed by atoms with E-state index in [0.29, 0.717) is 12.2 Å². The summed E-state index contributed by atoms with van der Waals surface area (Å²) in [7, 11) is -2.40. The highest BCUT2D eigenvalue weighted by Crippen LogP contribution is 2.32. The molecular formula is C10H12N2O3S. The zero-order valence-corrected chi connectivity index (χ0v) is 9.86. The van der Waals surface area contributed by atoms with Gasteiger partial charge in [0, 0.05) is 13.6 Å². The van der Waals surface area contributed by atoms with E-state index in [-0.39, 0.29) is 4.90 Å². The van der Waals surface area contributed by atoms with Gasteiger partial charge >= 0.3 is 6.03 Å². The quantitative estimate of drug-likeness (QED) is 0.742. The van der Waals surface area contributed by atoms with Crippen LogP contribution in [-0.2, 0) is 10.0 Å². The fraction of sp³-hybridized carbons (Fsp3) is 0.300. The Morgan fingerprint density at radius 3 is 2.50 bits per heavy atom. The standard InChI is InChI=1S/C10H12N2O3S/c1-3-12-8-6-4-5-7-9(8)16(14,15)11(2)10(12)13/h4-7H,3H2,1-2H3. The van der Waals surface area contributed by atoms with Crippen molar-refractivity contribution in [1.82, 2.24) is 4.31 Å². The summed E-state index contributed by atoms with van der Waals surface area (Å²) < 4.78 is 24.7. The van der Waals surface area contributed by atoms with Crippen LogP contribution in [0.1, 0.15) is 6.92 Å². The second kappa shape index (κ2) is 3.48. The monoisotopic (exact) mass is 240 g/mol. The second-order valence-electron chi connectivity index (χ2n) is 3.47. The van der Waals surface area contributed by atoms with Crippen molar-refractivity contribution in [2.75, 3.05) is 18.5 Å². The molecule has 1 aromatic rings. The van der Waals surface area contributed by atoms with Crippen LogP contribution >= 0.6 is 0 Å². The van der Waals surface area contributed by atoms with Gasteiger partial charge in [0.15, 0.2) is 0 Å². The molecular weight excluding hydrogens is 228 g/mol. The summed E-state index contributed by atoms with van der Waals surface area (Å²) in [6.45, 7) is 2.25. The third-order valence-electron chi connectivity index (χ3n) is 2.61. The molecule has 5 nitrogen and oxygen atoms in total. The molecule has 0 saturated carbocycles. The summed E-state index contributed by atoms with van der Waals surface area (Å²) in [5, 5.41) is 0. The molecule has 0 saturated heterocycles. The Labute approximate surface area is 94.3 Å². The normalized spacial score (nSPS) is 18.5. The van der Waals surface area contributed by atoms with Crippen LogP contribution in [0, 0.1) is 0 Å². The highest BCUT2D eigenvalue weighted by molar-refractivity contribution is 7.90. The second-order valence-corrected chi connectivity index (χ2v) is 5.40. The van der Waals surface area contributed by atoms with Crippen molar-refractivity contribution in [3.63, 3.8) is 0 Å². The Hall–Kier alpha value is -1.56. The molecule has 0 aliphatic carbocycles. The molecule has 0 spiro atoms. The Balaban J connectivity index is 2.74. The molecule has 86 valence electrons. The number of sulfonamides is 1. The van der Waals surface area contributed by atoms with E-state index < -0.39 is 16.1 Å². The maximum atomic E-state index is 12.0. The highest BCUT2D eigenvalue weighted by atomic mass is 32.2. The number of rotatable bonds is 1. The van der Waals surface area contributed by atoms with Crippen LogP contribution in [-0.4, -0.2) is 32.3 Å². The first-order valence-electron chi connectivity index (χ1n) is 4.89. The van der Waals surface area contributed by atoms with Gasteiger partial charge in [-0.3, -0.25) is 4.90 Å². The lowest BCUT2D eigenvalue weighted by Gasteiger charge is -2.33. The minimum absolute atomic E-state index is 0.180. The topological polar surface area (TPSA) is 57.7 Å². The molecule has 0 unspecified atom stereocenters. The van der Waals surface area contributed by atoms with Gasteiger partial charge in [-0.2, -0.15) is 0 Å². The minimum Gasteiger partial charge on any atom is -0.292 e. The molecule has 2 amide bonds. The van der Waals surface area contributed by atoms with Gasteiger partial charge in [-0.15, -0.1) is 0 Å². The molecule has 0 N–H and O–H groups in total. The Kier molecular flexibility index (Phi) is 2.38. The van der Waals surface area contributed by atoms with Crippen LogP contribution < -0.4 is 4.90 Å². The molecule has 0 fully saturated rings. The fourth-order valence-corrected chi connectivity index (χ4v) is 3.02. The first-order valence-corrected chi connectivity index (χ1v) is 6.33. The van der Waals surface area contributed by atoms with E-state index >= 15 is 0 Å². The van der Waals surface area contributed by atoms with Gasteiger partial charge in [0.05, 0.1) is 5.69 Å². The van der Waals surface area contributed by atoms with Crippen LogP contribution in [0.3, 0.4) is 0 Å². The lowest BCUT2D eigenvalue weighted by molar-refractivity contribution is 0.233. The van der Waals surface area contributed by atoms with Gasteiger partial charge in [-0.05, 0) is 19.1 Å². The number of hydrogen-bond donors (Lipinski definition) is 0.